The van der Waals surface area contributed by atoms with Gasteiger partial charge in [-0.3, -0.25) is 0 Å². The topological polar surface area (TPSA) is 38.7 Å². The van der Waals surface area contributed by atoms with Crippen LogP contribution in [0.25, 0.3) is 0 Å². The quantitative estimate of drug-likeness (QED) is 0.479. The number of hydrogen-bond acceptors (Lipinski definition) is 3. The van der Waals surface area contributed by atoms with Crippen molar-refractivity contribution in [1.82, 2.24) is 15.4 Å². The zero-order valence-electron chi connectivity index (χ0n) is 4.05. The summed E-state index contributed by atoms with van der Waals surface area (Å²) in [5, 5.41) is 9.92. The third-order valence-electron chi connectivity index (χ3n) is 0.370. The van der Waals surface area contributed by atoms with E-state index in [0.717, 1.165) is 13.1 Å². The summed E-state index contributed by atoms with van der Waals surface area (Å²) in [4.78, 5) is 0. The molecule has 0 radical (unpaired) electrons. The Morgan fingerprint density at radius 2 is 2.11 bits per heavy atom. The molecule has 0 aliphatic carbocycles. The first kappa shape index (κ1) is 9.11. The molecule has 1 aromatic heterocycles. The molecular formula is C3H2Cl2CuN3-. The molecule has 0 aromatic carbocycles. The van der Waals surface area contributed by atoms with Crippen molar-refractivity contribution in [3.63, 3.8) is 0 Å². The van der Waals surface area contributed by atoms with E-state index in [1.54, 1.807) is 6.07 Å². The molecule has 1 heterocycles. The normalized spacial score (nSPS) is 7.78. The molecule has 1 rings (SSSR count). The van der Waals surface area contributed by atoms with Gasteiger partial charge in [-0.25, -0.2) is 10.2 Å². The minimum atomic E-state index is 0.757. The Morgan fingerprint density at radius 3 is 2.22 bits per heavy atom. The van der Waals surface area contributed by atoms with E-state index in [-0.39, 0.29) is 0 Å². The molecule has 0 spiro atoms. The smallest absolute Gasteiger partial charge is 0.0849 e. The first-order valence-electron chi connectivity index (χ1n) is 1.73. The molecule has 0 unspecified atom stereocenters. The molecule has 9 heavy (non-hydrogen) atoms. The van der Waals surface area contributed by atoms with Gasteiger partial charge in [-0.05, 0) is 0 Å². The molecule has 0 fully saturated rings. The number of aromatic nitrogens is 3. The Bertz CT molecular complexity index is 99.9. The van der Waals surface area contributed by atoms with Gasteiger partial charge in [0.2, 0.25) is 0 Å². The van der Waals surface area contributed by atoms with Crippen molar-refractivity contribution in [3.05, 3.63) is 18.5 Å². The van der Waals surface area contributed by atoms with Gasteiger partial charge < -0.3 is 0 Å². The van der Waals surface area contributed by atoms with Crippen LogP contribution in [-0.4, -0.2) is 15.4 Å². The first-order chi connectivity index (χ1) is 4.41. The van der Waals surface area contributed by atoms with Crippen molar-refractivity contribution in [2.24, 2.45) is 0 Å². The fourth-order valence-corrected chi connectivity index (χ4v) is 0.181. The summed E-state index contributed by atoms with van der Waals surface area (Å²) in [5.41, 5.74) is 0. The second-order valence-corrected chi connectivity index (χ2v) is 2.35. The summed E-state index contributed by atoms with van der Waals surface area (Å²) in [6.45, 7) is 0. The number of nitrogens with zero attached hydrogens (tertiary/aromatic N) is 3. The summed E-state index contributed by atoms with van der Waals surface area (Å²) >= 11 is 0.757. The van der Waals surface area contributed by atoms with Crippen molar-refractivity contribution in [1.29, 1.82) is 0 Å². The summed E-state index contributed by atoms with van der Waals surface area (Å²) < 4.78 is 0. The number of halogens is 2. The summed E-state index contributed by atoms with van der Waals surface area (Å²) in [6, 6.07) is 1.59. The Balaban J connectivity index is 0.000000187. The summed E-state index contributed by atoms with van der Waals surface area (Å²) in [7, 11) is 9.34. The third kappa shape index (κ3) is 8.11. The van der Waals surface area contributed by atoms with Gasteiger partial charge in [0.25, 0.3) is 0 Å². The second-order valence-electron chi connectivity index (χ2n) is 0.793. The second kappa shape index (κ2) is 8.11. The van der Waals surface area contributed by atoms with Gasteiger partial charge in [0.05, 0.1) is 0 Å². The molecule has 0 bridgehead atoms. The van der Waals surface area contributed by atoms with E-state index in [1.807, 2.05) is 0 Å². The predicted octanol–water partition coefficient (Wildman–Crippen LogP) is 1.05. The van der Waals surface area contributed by atoms with Crippen LogP contribution in [0.15, 0.2) is 12.3 Å². The fourth-order valence-electron chi connectivity index (χ4n) is 0.181. The Hall–Kier alpha value is 0.109. The molecular weight excluding hydrogens is 213 g/mol. The van der Waals surface area contributed by atoms with E-state index in [0.29, 0.717) is 0 Å². The molecule has 0 saturated carbocycles. The van der Waals surface area contributed by atoms with Crippen LogP contribution in [0, 0.1) is 6.20 Å². The fraction of sp³-hybridized carbons (Fsp3) is 0. The van der Waals surface area contributed by atoms with Crippen molar-refractivity contribution in [3.8, 4) is 0 Å². The van der Waals surface area contributed by atoms with Crippen LogP contribution in [0.1, 0.15) is 0 Å². The van der Waals surface area contributed by atoms with E-state index in [9.17, 15) is 0 Å². The zero-order valence-corrected chi connectivity index (χ0v) is 6.51. The minimum Gasteiger partial charge on any atom is -0.247 e. The SMILES string of the molecule is [Cl][Cu][Cl].[c-]1ccnnn1. The van der Waals surface area contributed by atoms with Crippen LogP contribution < -0.4 is 0 Å². The Morgan fingerprint density at radius 1 is 1.44 bits per heavy atom. The average molecular weight is 215 g/mol. The minimum absolute atomic E-state index is 0.757. The van der Waals surface area contributed by atoms with Crippen LogP contribution in [0.3, 0.4) is 0 Å². The molecule has 0 atom stereocenters. The Kier molecular flexibility index (Phi) is 8.21. The largest absolute Gasteiger partial charge is 0.247 e. The molecule has 0 aliphatic heterocycles. The molecule has 1 aromatic rings. The third-order valence-corrected chi connectivity index (χ3v) is 0.370. The summed E-state index contributed by atoms with van der Waals surface area (Å²) in [6.07, 6.45) is 3.99. The van der Waals surface area contributed by atoms with Crippen molar-refractivity contribution >= 4 is 20.2 Å². The predicted molar refractivity (Wildman–Crippen MR) is 30.4 cm³/mol. The van der Waals surface area contributed by atoms with Crippen LogP contribution in [0.4, 0.5) is 0 Å². The zero-order chi connectivity index (χ0) is 6.95. The van der Waals surface area contributed by atoms with Crippen molar-refractivity contribution < 1.29 is 13.1 Å². The van der Waals surface area contributed by atoms with Crippen LogP contribution in [0.5, 0.6) is 0 Å². The van der Waals surface area contributed by atoms with Gasteiger partial charge in [-0.1, -0.05) is 11.4 Å². The molecule has 6 heteroatoms. The maximum Gasteiger partial charge on any atom is -0.0849 e. The maximum absolute atomic E-state index is 4.67. The van der Waals surface area contributed by atoms with Crippen molar-refractivity contribution in [2.75, 3.05) is 0 Å². The maximum atomic E-state index is 4.67. The van der Waals surface area contributed by atoms with E-state index in [2.05, 4.69) is 41.8 Å². The van der Waals surface area contributed by atoms with Crippen molar-refractivity contribution in [2.45, 2.75) is 0 Å². The van der Waals surface area contributed by atoms with Gasteiger partial charge in [-0.2, -0.15) is 6.07 Å². The number of hydrogen-bond donors (Lipinski definition) is 0. The van der Waals surface area contributed by atoms with Gasteiger partial charge in [-0.15, -0.1) is 6.20 Å². The van der Waals surface area contributed by atoms with Crippen LogP contribution in [-0.2, 0) is 13.1 Å². The standard InChI is InChI=1S/C3H2N3.2ClH.Cu/c1-2-4-6-5-3-1;;;/h1-2H;2*1H;/q-1;;;+2/p-2. The average Bonchev–Trinajstić information content (AvgIpc) is 1.93. The first-order valence-corrected chi connectivity index (χ1v) is 4.32. The Labute approximate surface area is 67.4 Å². The van der Waals surface area contributed by atoms with E-state index < -0.39 is 0 Å². The molecule has 0 N–H and O–H groups in total. The van der Waals surface area contributed by atoms with E-state index >= 15 is 0 Å². The van der Waals surface area contributed by atoms with Gasteiger partial charge in [0, 0.05) is 0 Å². The number of rotatable bonds is 0. The molecule has 0 amide bonds. The van der Waals surface area contributed by atoms with Gasteiger partial charge in [0.1, 0.15) is 0 Å². The van der Waals surface area contributed by atoms with Gasteiger partial charge in [0.15, 0.2) is 0 Å². The van der Waals surface area contributed by atoms with E-state index in [4.69, 9.17) is 0 Å². The van der Waals surface area contributed by atoms with E-state index in [1.165, 1.54) is 6.20 Å². The van der Waals surface area contributed by atoms with Crippen LogP contribution >= 0.6 is 20.2 Å². The van der Waals surface area contributed by atoms with Crippen LogP contribution in [0.2, 0.25) is 0 Å². The monoisotopic (exact) mass is 213 g/mol. The molecule has 55 valence electrons. The summed E-state index contributed by atoms with van der Waals surface area (Å²) in [5.74, 6) is 0. The molecule has 0 aliphatic rings. The molecule has 0 saturated heterocycles. The molecule has 3 nitrogen and oxygen atoms in total. The van der Waals surface area contributed by atoms with Gasteiger partial charge >= 0.3 is 33.3 Å².